The first-order valence-corrected chi connectivity index (χ1v) is 6.38. The minimum atomic E-state index is -0.829. The maximum absolute atomic E-state index is 13.3. The lowest BCUT2D eigenvalue weighted by molar-refractivity contribution is -0.141. The lowest BCUT2D eigenvalue weighted by atomic mass is 10.1. The first-order chi connectivity index (χ1) is 9.51. The number of ether oxygens (including phenoxy) is 1. The van der Waals surface area contributed by atoms with Crippen LogP contribution in [0.15, 0.2) is 18.2 Å². The van der Waals surface area contributed by atoms with Crippen molar-refractivity contribution >= 4 is 11.9 Å². The number of hydrogen-bond acceptors (Lipinski definition) is 3. The summed E-state index contributed by atoms with van der Waals surface area (Å²) in [7, 11) is 1.33. The second kappa shape index (κ2) is 5.90. The summed E-state index contributed by atoms with van der Waals surface area (Å²) in [5.41, 5.74) is 0.294. The molecule has 5 nitrogen and oxygen atoms in total. The van der Waals surface area contributed by atoms with Crippen LogP contribution in [0.4, 0.5) is 4.39 Å². The van der Waals surface area contributed by atoms with Crippen LogP contribution >= 0.6 is 0 Å². The second-order valence-electron chi connectivity index (χ2n) is 4.87. The van der Waals surface area contributed by atoms with Gasteiger partial charge in [-0.2, -0.15) is 0 Å². The van der Waals surface area contributed by atoms with Gasteiger partial charge in [0.15, 0.2) is 11.6 Å². The Morgan fingerprint density at radius 3 is 2.75 bits per heavy atom. The van der Waals surface area contributed by atoms with E-state index in [0.717, 1.165) is 0 Å². The Labute approximate surface area is 115 Å². The van der Waals surface area contributed by atoms with E-state index in [1.807, 2.05) is 0 Å². The fourth-order valence-electron chi connectivity index (χ4n) is 2.41. The van der Waals surface area contributed by atoms with E-state index in [1.165, 1.54) is 25.3 Å². The lowest BCUT2D eigenvalue weighted by Crippen LogP contribution is -2.33. The average molecular weight is 281 g/mol. The van der Waals surface area contributed by atoms with E-state index in [4.69, 9.17) is 9.84 Å². The molecule has 0 spiro atoms. The molecule has 0 bridgehead atoms. The van der Waals surface area contributed by atoms with Gasteiger partial charge in [-0.15, -0.1) is 0 Å². The highest BCUT2D eigenvalue weighted by molar-refractivity contribution is 5.94. The number of methoxy groups -OCH3 is 1. The normalized spacial score (nSPS) is 21.5. The number of carboxylic acids is 1. The average Bonchev–Trinajstić information content (AvgIpc) is 2.88. The SMILES string of the molecule is COc1cc(C(=O)N[C@@H]2CC[C@H](C(=O)O)C2)ccc1F. The van der Waals surface area contributed by atoms with Gasteiger partial charge in [-0.1, -0.05) is 0 Å². The first-order valence-electron chi connectivity index (χ1n) is 6.38. The van der Waals surface area contributed by atoms with E-state index < -0.39 is 17.7 Å². The summed E-state index contributed by atoms with van der Waals surface area (Å²) in [5.74, 6) is -2.10. The molecule has 6 heteroatoms. The van der Waals surface area contributed by atoms with Crippen molar-refractivity contribution in [3.63, 3.8) is 0 Å². The molecule has 1 aliphatic carbocycles. The van der Waals surface area contributed by atoms with Crippen molar-refractivity contribution in [2.45, 2.75) is 25.3 Å². The Hall–Kier alpha value is -2.11. The van der Waals surface area contributed by atoms with Crippen LogP contribution in [0.25, 0.3) is 0 Å². The van der Waals surface area contributed by atoms with E-state index in [1.54, 1.807) is 0 Å². The molecule has 2 rings (SSSR count). The standard InChI is InChI=1S/C14H16FNO4/c1-20-12-7-8(3-5-11(12)15)13(17)16-10-4-2-9(6-10)14(18)19/h3,5,7,9-10H,2,4,6H2,1H3,(H,16,17)(H,18,19)/t9-,10+/m0/s1. The molecule has 1 aliphatic rings. The Morgan fingerprint density at radius 2 is 2.15 bits per heavy atom. The largest absolute Gasteiger partial charge is 0.494 e. The summed E-state index contributed by atoms with van der Waals surface area (Å²) >= 11 is 0. The van der Waals surface area contributed by atoms with Gasteiger partial charge in [0.1, 0.15) is 0 Å². The van der Waals surface area contributed by atoms with Crippen LogP contribution in [-0.2, 0) is 4.79 Å². The van der Waals surface area contributed by atoms with E-state index in [9.17, 15) is 14.0 Å². The third-order valence-corrected chi connectivity index (χ3v) is 3.53. The summed E-state index contributed by atoms with van der Waals surface area (Å²) in [5, 5.41) is 11.7. The zero-order valence-electron chi connectivity index (χ0n) is 11.1. The summed E-state index contributed by atoms with van der Waals surface area (Å²) in [6, 6.07) is 3.72. The number of aliphatic carboxylic acids is 1. The van der Waals surface area contributed by atoms with Gasteiger partial charge in [-0.05, 0) is 37.5 Å². The lowest BCUT2D eigenvalue weighted by Gasteiger charge is -2.13. The van der Waals surface area contributed by atoms with Gasteiger partial charge in [-0.25, -0.2) is 4.39 Å². The van der Waals surface area contributed by atoms with Crippen LogP contribution in [0.5, 0.6) is 5.75 Å². The van der Waals surface area contributed by atoms with Crippen LogP contribution in [0.1, 0.15) is 29.6 Å². The van der Waals surface area contributed by atoms with E-state index in [2.05, 4.69) is 5.32 Å². The molecule has 0 aromatic heterocycles. The number of benzene rings is 1. The zero-order valence-corrected chi connectivity index (χ0v) is 11.1. The Bertz CT molecular complexity index is 532. The molecule has 1 amide bonds. The molecule has 2 atom stereocenters. The molecule has 108 valence electrons. The predicted octanol–water partition coefficient (Wildman–Crippen LogP) is 1.82. The predicted molar refractivity (Wildman–Crippen MR) is 69.2 cm³/mol. The highest BCUT2D eigenvalue weighted by Crippen LogP contribution is 2.26. The Balaban J connectivity index is 2.00. The maximum atomic E-state index is 13.3. The number of rotatable bonds is 4. The molecule has 0 saturated heterocycles. The minimum Gasteiger partial charge on any atom is -0.494 e. The topological polar surface area (TPSA) is 75.6 Å². The number of carbonyl (C=O) groups is 2. The number of hydrogen-bond donors (Lipinski definition) is 2. The molecule has 0 radical (unpaired) electrons. The van der Waals surface area contributed by atoms with Gasteiger partial charge in [-0.3, -0.25) is 9.59 Å². The number of carboxylic acid groups (broad SMARTS) is 1. The van der Waals surface area contributed by atoms with Crippen LogP contribution < -0.4 is 10.1 Å². The number of carbonyl (C=O) groups excluding carboxylic acids is 1. The van der Waals surface area contributed by atoms with Crippen molar-refractivity contribution in [1.29, 1.82) is 0 Å². The minimum absolute atomic E-state index is 0.00693. The smallest absolute Gasteiger partial charge is 0.306 e. The first kappa shape index (κ1) is 14.3. The molecular formula is C14H16FNO4. The van der Waals surface area contributed by atoms with Crippen molar-refractivity contribution in [3.8, 4) is 5.75 Å². The van der Waals surface area contributed by atoms with Gasteiger partial charge >= 0.3 is 5.97 Å². The van der Waals surface area contributed by atoms with Crippen LogP contribution in [-0.4, -0.2) is 30.1 Å². The third kappa shape index (κ3) is 3.07. The van der Waals surface area contributed by atoms with Gasteiger partial charge < -0.3 is 15.2 Å². The molecule has 0 unspecified atom stereocenters. The summed E-state index contributed by atoms with van der Waals surface area (Å²) in [6.07, 6.45) is 1.63. The zero-order chi connectivity index (χ0) is 14.7. The van der Waals surface area contributed by atoms with Crippen molar-refractivity contribution in [1.82, 2.24) is 5.32 Å². The van der Waals surface area contributed by atoms with Crippen molar-refractivity contribution in [2.24, 2.45) is 5.92 Å². The molecule has 2 N–H and O–H groups in total. The monoisotopic (exact) mass is 281 g/mol. The van der Waals surface area contributed by atoms with Crippen molar-refractivity contribution in [2.75, 3.05) is 7.11 Å². The molecule has 1 aromatic carbocycles. The molecule has 1 aromatic rings. The molecule has 0 heterocycles. The van der Waals surface area contributed by atoms with E-state index in [-0.39, 0.29) is 17.7 Å². The van der Waals surface area contributed by atoms with Crippen LogP contribution in [0.3, 0.4) is 0 Å². The van der Waals surface area contributed by atoms with E-state index >= 15 is 0 Å². The fraction of sp³-hybridized carbons (Fsp3) is 0.429. The molecule has 1 saturated carbocycles. The molecule has 0 aliphatic heterocycles. The van der Waals surface area contributed by atoms with Gasteiger partial charge in [0.25, 0.3) is 5.91 Å². The van der Waals surface area contributed by atoms with Gasteiger partial charge in [0.2, 0.25) is 0 Å². The number of nitrogens with one attached hydrogen (secondary N) is 1. The van der Waals surface area contributed by atoms with Crippen molar-refractivity contribution in [3.05, 3.63) is 29.6 Å². The van der Waals surface area contributed by atoms with Crippen molar-refractivity contribution < 1.29 is 23.8 Å². The quantitative estimate of drug-likeness (QED) is 0.882. The van der Waals surface area contributed by atoms with Gasteiger partial charge in [0.05, 0.1) is 13.0 Å². The molecule has 1 fully saturated rings. The Kier molecular flexibility index (Phi) is 4.22. The summed E-state index contributed by atoms with van der Waals surface area (Å²) < 4.78 is 18.1. The van der Waals surface area contributed by atoms with E-state index in [0.29, 0.717) is 24.8 Å². The number of amides is 1. The second-order valence-corrected chi connectivity index (χ2v) is 4.87. The number of halogens is 1. The summed E-state index contributed by atoms with van der Waals surface area (Å²) in [4.78, 5) is 22.9. The highest BCUT2D eigenvalue weighted by Gasteiger charge is 2.30. The van der Waals surface area contributed by atoms with Crippen LogP contribution in [0, 0.1) is 11.7 Å². The fourth-order valence-corrected chi connectivity index (χ4v) is 2.41. The third-order valence-electron chi connectivity index (χ3n) is 3.53. The molecule has 20 heavy (non-hydrogen) atoms. The van der Waals surface area contributed by atoms with Crippen LogP contribution in [0.2, 0.25) is 0 Å². The molecular weight excluding hydrogens is 265 g/mol. The highest BCUT2D eigenvalue weighted by atomic mass is 19.1. The Morgan fingerprint density at radius 1 is 1.40 bits per heavy atom. The van der Waals surface area contributed by atoms with Gasteiger partial charge in [0, 0.05) is 11.6 Å². The maximum Gasteiger partial charge on any atom is 0.306 e. The summed E-state index contributed by atoms with van der Waals surface area (Å²) in [6.45, 7) is 0.